The van der Waals surface area contributed by atoms with Gasteiger partial charge in [-0.15, -0.1) is 6.42 Å². The van der Waals surface area contributed by atoms with Crippen LogP contribution in [0, 0.1) is 12.3 Å². The zero-order chi connectivity index (χ0) is 16.9. The van der Waals surface area contributed by atoms with Gasteiger partial charge in [0, 0.05) is 6.04 Å². The monoisotopic (exact) mass is 305 g/mol. The topological polar surface area (TPSA) is 20.3 Å². The molecule has 0 aliphatic heterocycles. The van der Waals surface area contributed by atoms with Gasteiger partial charge in [0.05, 0.1) is 5.41 Å². The molecule has 0 radical (unpaired) electrons. The summed E-state index contributed by atoms with van der Waals surface area (Å²) in [7, 11) is 4.04. The van der Waals surface area contributed by atoms with E-state index in [0.29, 0.717) is 6.42 Å². The third-order valence-corrected chi connectivity index (χ3v) is 4.54. The summed E-state index contributed by atoms with van der Waals surface area (Å²) in [5.41, 5.74) is 1.08. The zero-order valence-electron chi connectivity index (χ0n) is 14.0. The van der Waals surface area contributed by atoms with E-state index in [1.807, 2.05) is 74.8 Å². The zero-order valence-corrected chi connectivity index (χ0v) is 14.0. The van der Waals surface area contributed by atoms with Crippen molar-refractivity contribution < 1.29 is 4.79 Å². The van der Waals surface area contributed by atoms with Gasteiger partial charge in [-0.25, -0.2) is 0 Å². The smallest absolute Gasteiger partial charge is 0.220 e. The van der Waals surface area contributed by atoms with Gasteiger partial charge in [0.25, 0.3) is 0 Å². The Kier molecular flexibility index (Phi) is 5.36. The van der Waals surface area contributed by atoms with Gasteiger partial charge in [-0.1, -0.05) is 60.7 Å². The summed E-state index contributed by atoms with van der Waals surface area (Å²) in [6, 6.07) is 19.9. The molecular weight excluding hydrogens is 282 g/mol. The van der Waals surface area contributed by atoms with E-state index >= 15 is 0 Å². The molecule has 0 aliphatic rings. The summed E-state index contributed by atoms with van der Waals surface area (Å²) < 4.78 is 0. The van der Waals surface area contributed by atoms with Gasteiger partial charge < -0.3 is 4.90 Å². The van der Waals surface area contributed by atoms with Crippen LogP contribution in [0.15, 0.2) is 60.7 Å². The number of carbonyl (C=O) groups is 1. The Balaban J connectivity index is 2.69. The van der Waals surface area contributed by atoms with Crippen LogP contribution in [0.3, 0.4) is 0 Å². The van der Waals surface area contributed by atoms with Crippen molar-refractivity contribution in [3.05, 3.63) is 71.8 Å². The first-order chi connectivity index (χ1) is 11.0. The maximum absolute atomic E-state index is 12.9. The van der Waals surface area contributed by atoms with Crippen LogP contribution in [0.2, 0.25) is 0 Å². The number of rotatable bonds is 6. The van der Waals surface area contributed by atoms with E-state index in [-0.39, 0.29) is 11.8 Å². The minimum absolute atomic E-state index is 0.191. The molecular formula is C21H23NO. The minimum Gasteiger partial charge on any atom is -0.307 e. The molecule has 2 heteroatoms. The Morgan fingerprint density at radius 1 is 1.04 bits per heavy atom. The first-order valence-corrected chi connectivity index (χ1v) is 7.81. The fourth-order valence-electron chi connectivity index (χ4n) is 2.95. The van der Waals surface area contributed by atoms with Crippen LogP contribution in [-0.2, 0) is 10.2 Å². The molecule has 0 fully saturated rings. The lowest BCUT2D eigenvalue weighted by atomic mass is 9.67. The van der Waals surface area contributed by atoms with Crippen molar-refractivity contribution in [3.8, 4) is 12.3 Å². The third-order valence-electron chi connectivity index (χ3n) is 4.54. The second-order valence-electron chi connectivity index (χ2n) is 6.13. The lowest BCUT2D eigenvalue weighted by Crippen LogP contribution is -2.42. The highest BCUT2D eigenvalue weighted by Crippen LogP contribution is 2.38. The van der Waals surface area contributed by atoms with Crippen molar-refractivity contribution in [1.82, 2.24) is 4.90 Å². The maximum Gasteiger partial charge on any atom is 0.220 e. The standard InChI is InChI=1S/C21H23NO/c1-5-20(23)21(16-17(2)22(3)4,18-12-8-6-9-13-18)19-14-10-7-11-15-19/h1,6-15,17H,16H2,2-4H3/t17-/m0/s1. The van der Waals surface area contributed by atoms with Crippen molar-refractivity contribution >= 4 is 5.78 Å². The summed E-state index contributed by atoms with van der Waals surface area (Å²) in [6.45, 7) is 2.12. The quantitative estimate of drug-likeness (QED) is 0.601. The third kappa shape index (κ3) is 3.36. The van der Waals surface area contributed by atoms with Gasteiger partial charge in [-0.2, -0.15) is 0 Å². The fourth-order valence-corrected chi connectivity index (χ4v) is 2.95. The minimum atomic E-state index is -0.818. The molecule has 0 saturated carbocycles. The van der Waals surface area contributed by atoms with Gasteiger partial charge in [-0.05, 0) is 44.5 Å². The van der Waals surface area contributed by atoms with Crippen LogP contribution in [0.1, 0.15) is 24.5 Å². The molecule has 1 atom stereocenters. The summed E-state index contributed by atoms with van der Waals surface area (Å²) in [5, 5.41) is 0. The fraction of sp³-hybridized carbons (Fsp3) is 0.286. The van der Waals surface area contributed by atoms with E-state index in [1.54, 1.807) is 0 Å². The first kappa shape index (κ1) is 17.0. The number of benzene rings is 2. The Hall–Kier alpha value is -2.37. The molecule has 2 rings (SSSR count). The average molecular weight is 305 g/mol. The summed E-state index contributed by atoms with van der Waals surface area (Å²) in [4.78, 5) is 15.1. The highest BCUT2D eigenvalue weighted by atomic mass is 16.1. The van der Waals surface area contributed by atoms with Crippen LogP contribution in [0.5, 0.6) is 0 Å². The van der Waals surface area contributed by atoms with Gasteiger partial charge in [0.2, 0.25) is 5.78 Å². The SMILES string of the molecule is C#CC(=O)C(C[C@H](C)N(C)C)(c1ccccc1)c1ccccc1. The summed E-state index contributed by atoms with van der Waals surface area (Å²) >= 11 is 0. The Labute approximate surface area is 139 Å². The highest BCUT2D eigenvalue weighted by molar-refractivity contribution is 6.06. The van der Waals surface area contributed by atoms with E-state index in [1.165, 1.54) is 0 Å². The number of hydrogen-bond acceptors (Lipinski definition) is 2. The van der Waals surface area contributed by atoms with E-state index in [9.17, 15) is 4.79 Å². The second-order valence-corrected chi connectivity index (χ2v) is 6.13. The Morgan fingerprint density at radius 2 is 1.48 bits per heavy atom. The predicted molar refractivity (Wildman–Crippen MR) is 95.3 cm³/mol. The number of carbonyl (C=O) groups excluding carboxylic acids is 1. The lowest BCUT2D eigenvalue weighted by molar-refractivity contribution is -0.118. The van der Waals surface area contributed by atoms with Gasteiger partial charge >= 0.3 is 0 Å². The molecule has 0 spiro atoms. The number of ketones is 1. The molecule has 23 heavy (non-hydrogen) atoms. The van der Waals surface area contributed by atoms with Gasteiger partial charge in [0.15, 0.2) is 0 Å². The summed E-state index contributed by atoms with van der Waals surface area (Å²) in [5.74, 6) is 2.20. The summed E-state index contributed by atoms with van der Waals surface area (Å²) in [6.07, 6.45) is 6.21. The van der Waals surface area contributed by atoms with E-state index in [2.05, 4.69) is 17.7 Å². The van der Waals surface area contributed by atoms with Crippen LogP contribution >= 0.6 is 0 Å². The molecule has 2 aromatic carbocycles. The van der Waals surface area contributed by atoms with Crippen LogP contribution in [0.4, 0.5) is 0 Å². The first-order valence-electron chi connectivity index (χ1n) is 7.81. The number of hydrogen-bond donors (Lipinski definition) is 0. The molecule has 0 saturated heterocycles. The van der Waals surface area contributed by atoms with Crippen LogP contribution in [0.25, 0.3) is 0 Å². The van der Waals surface area contributed by atoms with E-state index < -0.39 is 5.41 Å². The normalized spacial score (nSPS) is 12.7. The number of Topliss-reactive ketones (excluding diaryl/α,β-unsaturated/α-hetero) is 1. The molecule has 0 amide bonds. The molecule has 0 aromatic heterocycles. The molecule has 0 bridgehead atoms. The molecule has 2 aromatic rings. The second kappa shape index (κ2) is 7.26. The van der Waals surface area contributed by atoms with Gasteiger partial charge in [0.1, 0.15) is 0 Å². The lowest BCUT2D eigenvalue weighted by Gasteiger charge is -2.36. The molecule has 118 valence electrons. The van der Waals surface area contributed by atoms with Gasteiger partial charge in [-0.3, -0.25) is 4.79 Å². The highest BCUT2D eigenvalue weighted by Gasteiger charge is 2.42. The molecule has 0 aliphatic carbocycles. The number of terminal acetylenes is 1. The van der Waals surface area contributed by atoms with Crippen LogP contribution < -0.4 is 0 Å². The Morgan fingerprint density at radius 3 is 1.83 bits per heavy atom. The van der Waals surface area contributed by atoms with Crippen molar-refractivity contribution in [2.45, 2.75) is 24.8 Å². The molecule has 0 N–H and O–H groups in total. The Bertz CT molecular complexity index is 643. The molecule has 0 unspecified atom stereocenters. The van der Waals surface area contributed by atoms with E-state index in [0.717, 1.165) is 11.1 Å². The van der Waals surface area contributed by atoms with Crippen LogP contribution in [-0.4, -0.2) is 30.8 Å². The van der Waals surface area contributed by atoms with Crippen molar-refractivity contribution in [2.75, 3.05) is 14.1 Å². The number of nitrogens with zero attached hydrogens (tertiary/aromatic N) is 1. The van der Waals surface area contributed by atoms with Crippen molar-refractivity contribution in [3.63, 3.8) is 0 Å². The van der Waals surface area contributed by atoms with Crippen molar-refractivity contribution in [2.24, 2.45) is 0 Å². The molecule has 0 heterocycles. The van der Waals surface area contributed by atoms with E-state index in [4.69, 9.17) is 6.42 Å². The maximum atomic E-state index is 12.9. The average Bonchev–Trinajstić information content (AvgIpc) is 2.60. The van der Waals surface area contributed by atoms with Crippen molar-refractivity contribution in [1.29, 1.82) is 0 Å². The predicted octanol–water partition coefficient (Wildman–Crippen LogP) is 3.52. The largest absolute Gasteiger partial charge is 0.307 e. The molecule has 2 nitrogen and oxygen atoms in total.